The molecule has 120 valence electrons. The van der Waals surface area contributed by atoms with Crippen LogP contribution in [0.5, 0.6) is 5.75 Å². The number of hydrogen-bond donors (Lipinski definition) is 3. The van der Waals surface area contributed by atoms with E-state index in [0.717, 1.165) is 12.1 Å². The fourth-order valence-corrected chi connectivity index (χ4v) is 1.26. The van der Waals surface area contributed by atoms with Gasteiger partial charge in [-0.05, 0) is 26.0 Å². The van der Waals surface area contributed by atoms with Gasteiger partial charge in [0.05, 0.1) is 5.54 Å². The fraction of sp³-hybridized carbons (Fsp3) is 0.462. The summed E-state index contributed by atoms with van der Waals surface area (Å²) in [7, 11) is 0. The maximum absolute atomic E-state index is 12.9. The molecule has 1 unspecified atom stereocenters. The summed E-state index contributed by atoms with van der Waals surface area (Å²) in [6.07, 6.45) is -0.991. The molecule has 1 aromatic rings. The lowest BCUT2D eigenvalue weighted by atomic mass is 10.1. The maximum atomic E-state index is 12.9. The van der Waals surface area contributed by atoms with Crippen LogP contribution in [0.3, 0.4) is 0 Å². The van der Waals surface area contributed by atoms with Crippen molar-refractivity contribution in [2.75, 3.05) is 13.2 Å². The van der Waals surface area contributed by atoms with Gasteiger partial charge >= 0.3 is 0 Å². The first-order valence-corrected chi connectivity index (χ1v) is 6.03. The number of rotatable bonds is 6. The minimum Gasteiger partial charge on any atom is -0.491 e. The quantitative estimate of drug-likeness (QED) is 0.728. The fourth-order valence-electron chi connectivity index (χ4n) is 1.26. The zero-order valence-corrected chi connectivity index (χ0v) is 12.5. The summed E-state index contributed by atoms with van der Waals surface area (Å²) in [6.45, 7) is 2.85. The number of carbonyl (C=O) groups excluding carboxylic acids is 1. The third-order valence-electron chi connectivity index (χ3n) is 2.42. The highest BCUT2D eigenvalue weighted by Gasteiger charge is 2.22. The number of carbonyl (C=O) groups is 1. The largest absolute Gasteiger partial charge is 0.491 e. The lowest BCUT2D eigenvalue weighted by Crippen LogP contribution is -2.51. The second-order valence-corrected chi connectivity index (χ2v) is 4.97. The minimum atomic E-state index is -1.04. The number of nitrogens with one attached hydrogen (secondary N) is 1. The van der Waals surface area contributed by atoms with Crippen molar-refractivity contribution in [2.24, 2.45) is 5.73 Å². The highest BCUT2D eigenvalue weighted by molar-refractivity contribution is 5.85. The normalized spacial score (nSPS) is 12.3. The first-order chi connectivity index (χ1) is 9.20. The number of ether oxygens (including phenoxy) is 1. The Bertz CT molecular complexity index is 481. The van der Waals surface area contributed by atoms with Gasteiger partial charge in [-0.3, -0.25) is 4.79 Å². The van der Waals surface area contributed by atoms with Crippen LogP contribution in [0, 0.1) is 11.6 Å². The molecule has 0 saturated carbocycles. The summed E-state index contributed by atoms with van der Waals surface area (Å²) in [6, 6.07) is 3.05. The molecule has 0 aliphatic rings. The Hall–Kier alpha value is -1.44. The number of aliphatic hydroxyl groups excluding tert-OH is 1. The second kappa shape index (κ2) is 8.11. The standard InChI is InChI=1S/C13H18F2N2O3.ClH/c1-13(2,16)12(19)17-6-8(18)7-20-9-3-4-10(14)11(15)5-9;/h3-5,8,18H,6-7,16H2,1-2H3,(H,17,19);1H. The van der Waals surface area contributed by atoms with Crippen LogP contribution in [0.1, 0.15) is 13.8 Å². The molecule has 0 aliphatic carbocycles. The molecule has 0 saturated heterocycles. The molecule has 0 heterocycles. The SMILES string of the molecule is CC(C)(N)C(=O)NCC(O)COc1ccc(F)c(F)c1.Cl. The van der Waals surface area contributed by atoms with Gasteiger partial charge in [-0.1, -0.05) is 0 Å². The topological polar surface area (TPSA) is 84.6 Å². The summed E-state index contributed by atoms with van der Waals surface area (Å²) in [5.41, 5.74) is 4.52. The lowest BCUT2D eigenvalue weighted by molar-refractivity contribution is -0.125. The number of hydrogen-bond acceptors (Lipinski definition) is 4. The molecule has 5 nitrogen and oxygen atoms in total. The average molecular weight is 325 g/mol. The summed E-state index contributed by atoms with van der Waals surface area (Å²) >= 11 is 0. The Morgan fingerprint density at radius 2 is 2.05 bits per heavy atom. The molecule has 0 spiro atoms. The van der Waals surface area contributed by atoms with Crippen molar-refractivity contribution in [1.29, 1.82) is 0 Å². The van der Waals surface area contributed by atoms with E-state index >= 15 is 0 Å². The van der Waals surface area contributed by atoms with E-state index < -0.39 is 29.2 Å². The first-order valence-electron chi connectivity index (χ1n) is 6.03. The molecule has 0 aliphatic heterocycles. The van der Waals surface area contributed by atoms with Crippen molar-refractivity contribution in [1.82, 2.24) is 5.32 Å². The van der Waals surface area contributed by atoms with Crippen molar-refractivity contribution in [2.45, 2.75) is 25.5 Å². The van der Waals surface area contributed by atoms with E-state index in [0.29, 0.717) is 0 Å². The molecule has 0 fully saturated rings. The second-order valence-electron chi connectivity index (χ2n) is 4.97. The Morgan fingerprint density at radius 1 is 1.43 bits per heavy atom. The van der Waals surface area contributed by atoms with Crippen molar-refractivity contribution >= 4 is 18.3 Å². The van der Waals surface area contributed by atoms with Crippen LogP contribution in [0.15, 0.2) is 18.2 Å². The number of amides is 1. The number of benzene rings is 1. The molecule has 8 heteroatoms. The minimum absolute atomic E-state index is 0. The first kappa shape index (κ1) is 19.6. The highest BCUT2D eigenvalue weighted by Crippen LogP contribution is 2.15. The summed E-state index contributed by atoms with van der Waals surface area (Å²) in [4.78, 5) is 11.4. The van der Waals surface area contributed by atoms with Crippen LogP contribution in [0.4, 0.5) is 8.78 Å². The van der Waals surface area contributed by atoms with Crippen LogP contribution in [-0.2, 0) is 4.79 Å². The lowest BCUT2D eigenvalue weighted by Gasteiger charge is -2.19. The van der Waals surface area contributed by atoms with Crippen molar-refractivity contribution < 1.29 is 23.4 Å². The predicted octanol–water partition coefficient (Wildman–Crippen LogP) is 0.980. The van der Waals surface area contributed by atoms with Gasteiger partial charge in [-0.25, -0.2) is 8.78 Å². The predicted molar refractivity (Wildman–Crippen MR) is 76.4 cm³/mol. The average Bonchev–Trinajstić information content (AvgIpc) is 2.36. The van der Waals surface area contributed by atoms with E-state index in [1.165, 1.54) is 19.9 Å². The van der Waals surface area contributed by atoms with E-state index in [4.69, 9.17) is 10.5 Å². The molecule has 1 atom stereocenters. The van der Waals surface area contributed by atoms with Gasteiger partial charge in [-0.15, -0.1) is 12.4 Å². The summed E-state index contributed by atoms with van der Waals surface area (Å²) in [5, 5.41) is 12.1. The van der Waals surface area contributed by atoms with Gasteiger partial charge in [0.15, 0.2) is 11.6 Å². The van der Waals surface area contributed by atoms with Gasteiger partial charge in [0.2, 0.25) is 5.91 Å². The molecule has 0 bridgehead atoms. The van der Waals surface area contributed by atoms with Crippen LogP contribution >= 0.6 is 12.4 Å². The molecule has 1 amide bonds. The van der Waals surface area contributed by atoms with Crippen LogP contribution in [0.25, 0.3) is 0 Å². The van der Waals surface area contributed by atoms with E-state index in [1.807, 2.05) is 0 Å². The molecule has 1 rings (SSSR count). The number of aliphatic hydroxyl groups is 1. The molecule has 0 radical (unpaired) electrons. The van der Waals surface area contributed by atoms with Gasteiger partial charge in [0, 0.05) is 12.6 Å². The Labute approximate surface area is 127 Å². The Morgan fingerprint density at radius 3 is 2.57 bits per heavy atom. The van der Waals surface area contributed by atoms with Gasteiger partial charge in [0.25, 0.3) is 0 Å². The zero-order chi connectivity index (χ0) is 15.3. The van der Waals surface area contributed by atoms with Crippen molar-refractivity contribution in [3.05, 3.63) is 29.8 Å². The van der Waals surface area contributed by atoms with Gasteiger partial charge < -0.3 is 20.9 Å². The molecule has 0 aromatic heterocycles. The smallest absolute Gasteiger partial charge is 0.239 e. The Balaban J connectivity index is 0.00000400. The molecule has 21 heavy (non-hydrogen) atoms. The van der Waals surface area contributed by atoms with Gasteiger partial charge in [0.1, 0.15) is 18.5 Å². The number of nitrogens with two attached hydrogens (primary N) is 1. The summed E-state index contributed by atoms with van der Waals surface area (Å²) in [5.74, 6) is -2.33. The monoisotopic (exact) mass is 324 g/mol. The van der Waals surface area contributed by atoms with E-state index in [2.05, 4.69) is 5.32 Å². The molecular weight excluding hydrogens is 306 g/mol. The summed E-state index contributed by atoms with van der Waals surface area (Å²) < 4.78 is 30.7. The zero-order valence-electron chi connectivity index (χ0n) is 11.7. The van der Waals surface area contributed by atoms with Gasteiger partial charge in [-0.2, -0.15) is 0 Å². The third kappa shape index (κ3) is 6.70. The maximum Gasteiger partial charge on any atom is 0.239 e. The molecule has 1 aromatic carbocycles. The van der Waals surface area contributed by atoms with E-state index in [-0.39, 0.29) is 31.3 Å². The van der Waals surface area contributed by atoms with Crippen LogP contribution in [-0.4, -0.2) is 35.8 Å². The third-order valence-corrected chi connectivity index (χ3v) is 2.42. The Kier molecular flexibility index (Phi) is 7.56. The van der Waals surface area contributed by atoms with E-state index in [1.54, 1.807) is 0 Å². The van der Waals surface area contributed by atoms with Crippen molar-refractivity contribution in [3.63, 3.8) is 0 Å². The van der Waals surface area contributed by atoms with Crippen LogP contribution in [0.2, 0.25) is 0 Å². The molecular formula is C13H19ClF2N2O3. The van der Waals surface area contributed by atoms with Crippen molar-refractivity contribution in [3.8, 4) is 5.75 Å². The molecule has 4 N–H and O–H groups in total. The van der Waals surface area contributed by atoms with E-state index in [9.17, 15) is 18.7 Å². The van der Waals surface area contributed by atoms with Crippen LogP contribution < -0.4 is 15.8 Å². The highest BCUT2D eigenvalue weighted by atomic mass is 35.5. The number of halogens is 3.